The maximum absolute atomic E-state index is 12.9. The molecule has 0 bridgehead atoms. The largest absolute Gasteiger partial charge is 0.464 e. The van der Waals surface area contributed by atoms with Crippen LogP contribution in [-0.2, 0) is 19.9 Å². The van der Waals surface area contributed by atoms with Gasteiger partial charge in [-0.05, 0) is 99.2 Å². The van der Waals surface area contributed by atoms with E-state index in [-0.39, 0.29) is 55.2 Å². The van der Waals surface area contributed by atoms with Crippen LogP contribution < -0.4 is 26.0 Å². The van der Waals surface area contributed by atoms with Gasteiger partial charge in [0.05, 0.1) is 12.1 Å². The van der Waals surface area contributed by atoms with Crippen molar-refractivity contribution in [2.75, 3.05) is 30.4 Å². The van der Waals surface area contributed by atoms with E-state index in [1.807, 2.05) is 12.1 Å². The minimum absolute atomic E-state index is 0.0210. The molecular weight excluding hydrogens is 679 g/mol. The van der Waals surface area contributed by atoms with E-state index >= 15 is 0 Å². The van der Waals surface area contributed by atoms with Gasteiger partial charge in [0.15, 0.2) is 6.61 Å². The molecular formula is C34H37ClF3N7O5. The first-order valence-electron chi connectivity index (χ1n) is 16.5. The molecule has 0 radical (unpaired) electrons. The van der Waals surface area contributed by atoms with Gasteiger partial charge >= 0.3 is 18.2 Å². The highest BCUT2D eigenvalue weighted by Crippen LogP contribution is 2.57. The van der Waals surface area contributed by atoms with E-state index in [1.54, 1.807) is 43.3 Å². The number of hydrogen-bond donors (Lipinski definition) is 4. The Balaban J connectivity index is 1.02. The zero-order valence-corrected chi connectivity index (χ0v) is 28.0. The number of halogens is 4. The van der Waals surface area contributed by atoms with Crippen LogP contribution in [-0.4, -0.2) is 64.2 Å². The predicted molar refractivity (Wildman–Crippen MR) is 177 cm³/mol. The second-order valence-electron chi connectivity index (χ2n) is 12.8. The first-order chi connectivity index (χ1) is 23.9. The van der Waals surface area contributed by atoms with Crippen molar-refractivity contribution in [3.05, 3.63) is 64.7 Å². The summed E-state index contributed by atoms with van der Waals surface area (Å²) >= 11 is 6.03. The number of nitrogens with one attached hydrogen (secondary N) is 4. The zero-order valence-electron chi connectivity index (χ0n) is 27.2. The maximum Gasteiger partial charge on any atom is 0.422 e. The monoisotopic (exact) mass is 715 g/mol. The summed E-state index contributed by atoms with van der Waals surface area (Å²) < 4.78 is 48.8. The average molecular weight is 716 g/mol. The molecule has 16 heteroatoms. The molecule has 0 unspecified atom stereocenters. The van der Waals surface area contributed by atoms with Gasteiger partial charge in [0.1, 0.15) is 5.54 Å². The lowest BCUT2D eigenvalue weighted by Gasteiger charge is -2.19. The molecule has 3 aromatic rings. The van der Waals surface area contributed by atoms with Gasteiger partial charge in [0.2, 0.25) is 17.8 Å². The second kappa shape index (κ2) is 14.3. The lowest BCUT2D eigenvalue weighted by Crippen LogP contribution is -2.46. The molecule has 0 aliphatic heterocycles. The summed E-state index contributed by atoms with van der Waals surface area (Å²) in [5, 5.41) is 12.4. The SMILES string of the molecule is CCOC(=O)[C@@]1(NC(=O)CCCNC(=O)c2ccc(Nc3nc(NC4(c5ccc(Cl)cc5)CC4)nc(OCC(F)(F)F)n3)cc2)C[C@H]1C1CC1. The number of carbonyl (C=O) groups excluding carboxylic acids is 3. The highest BCUT2D eigenvalue weighted by Gasteiger charge is 2.66. The molecule has 0 spiro atoms. The predicted octanol–water partition coefficient (Wildman–Crippen LogP) is 5.67. The van der Waals surface area contributed by atoms with Crippen LogP contribution in [0.5, 0.6) is 6.01 Å². The van der Waals surface area contributed by atoms with Crippen molar-refractivity contribution >= 4 is 47.0 Å². The van der Waals surface area contributed by atoms with Crippen LogP contribution in [0.3, 0.4) is 0 Å². The molecule has 4 N–H and O–H groups in total. The summed E-state index contributed by atoms with van der Waals surface area (Å²) in [7, 11) is 0. The molecule has 3 aliphatic carbocycles. The fourth-order valence-corrected chi connectivity index (χ4v) is 6.14. The number of amides is 2. The summed E-state index contributed by atoms with van der Waals surface area (Å²) in [5.41, 5.74) is 0.300. The number of carbonyl (C=O) groups is 3. The van der Waals surface area contributed by atoms with Crippen LogP contribution in [0.15, 0.2) is 48.5 Å². The van der Waals surface area contributed by atoms with Crippen LogP contribution >= 0.6 is 11.6 Å². The van der Waals surface area contributed by atoms with Gasteiger partial charge in [-0.25, -0.2) is 4.79 Å². The van der Waals surface area contributed by atoms with Crippen molar-refractivity contribution < 1.29 is 37.0 Å². The van der Waals surface area contributed by atoms with E-state index in [0.717, 1.165) is 31.2 Å². The molecule has 3 saturated carbocycles. The standard InChI is InChI=1S/C34H37ClF3N7O5/c1-2-49-28(48)33(18-25(33)20-5-6-20)44-26(46)4-3-17-39-27(47)21-7-13-24(14-8-21)40-29-41-30(43-31(42-29)50-19-34(36,37)38)45-32(15-16-32)22-9-11-23(35)12-10-22/h7-14,20,25H,2-6,15-19H2,1H3,(H,39,47)(H,44,46)(H2,40,41,42,43,45)/t25-,33+/m0/s1. The van der Waals surface area contributed by atoms with E-state index < -0.39 is 29.9 Å². The average Bonchev–Trinajstić information content (AvgIpc) is 3.95. The van der Waals surface area contributed by atoms with Crippen LogP contribution in [0.4, 0.5) is 30.8 Å². The van der Waals surface area contributed by atoms with Crippen LogP contribution in [0.2, 0.25) is 5.02 Å². The van der Waals surface area contributed by atoms with Gasteiger partial charge in [0, 0.05) is 29.2 Å². The van der Waals surface area contributed by atoms with Gasteiger partial charge in [-0.3, -0.25) is 9.59 Å². The summed E-state index contributed by atoms with van der Waals surface area (Å²) in [6.07, 6.45) is 0.138. The van der Waals surface area contributed by atoms with Crippen molar-refractivity contribution in [1.82, 2.24) is 25.6 Å². The van der Waals surface area contributed by atoms with Crippen LogP contribution in [0.1, 0.15) is 67.8 Å². The molecule has 6 rings (SSSR count). The molecule has 1 aromatic heterocycles. The van der Waals surface area contributed by atoms with E-state index in [4.69, 9.17) is 21.1 Å². The van der Waals surface area contributed by atoms with Crippen molar-refractivity contribution in [3.8, 4) is 6.01 Å². The molecule has 3 fully saturated rings. The molecule has 0 saturated heterocycles. The van der Waals surface area contributed by atoms with Crippen molar-refractivity contribution in [2.45, 2.75) is 69.1 Å². The molecule has 3 aliphatic rings. The number of benzene rings is 2. The number of ether oxygens (including phenoxy) is 2. The smallest absolute Gasteiger partial charge is 0.422 e. The third kappa shape index (κ3) is 8.73. The maximum atomic E-state index is 12.9. The molecule has 2 amide bonds. The molecule has 50 heavy (non-hydrogen) atoms. The Morgan fingerprint density at radius 3 is 2.32 bits per heavy atom. The van der Waals surface area contributed by atoms with Gasteiger partial charge in [0.25, 0.3) is 5.91 Å². The number of esters is 1. The topological polar surface area (TPSA) is 156 Å². The quantitative estimate of drug-likeness (QED) is 0.108. The minimum atomic E-state index is -4.60. The number of rotatable bonds is 16. The number of anilines is 3. The minimum Gasteiger partial charge on any atom is -0.464 e. The number of aromatic nitrogens is 3. The second-order valence-corrected chi connectivity index (χ2v) is 13.3. The van der Waals surface area contributed by atoms with Crippen LogP contribution in [0.25, 0.3) is 0 Å². The third-order valence-electron chi connectivity index (χ3n) is 8.96. The van der Waals surface area contributed by atoms with Crippen molar-refractivity contribution in [3.63, 3.8) is 0 Å². The number of alkyl halides is 3. The first-order valence-corrected chi connectivity index (χ1v) is 16.9. The van der Waals surface area contributed by atoms with Gasteiger partial charge in [-0.1, -0.05) is 23.7 Å². The molecule has 2 atom stereocenters. The fourth-order valence-electron chi connectivity index (χ4n) is 6.02. The van der Waals surface area contributed by atoms with E-state index in [0.29, 0.717) is 35.0 Å². The third-order valence-corrected chi connectivity index (χ3v) is 9.21. The van der Waals surface area contributed by atoms with Crippen molar-refractivity contribution in [2.24, 2.45) is 11.8 Å². The Morgan fingerprint density at radius 2 is 1.68 bits per heavy atom. The number of nitrogens with zero attached hydrogens (tertiary/aromatic N) is 3. The Kier molecular flexibility index (Phi) is 10.1. The lowest BCUT2D eigenvalue weighted by molar-refractivity contribution is -0.154. The molecule has 1 heterocycles. The van der Waals surface area contributed by atoms with Gasteiger partial charge in [-0.2, -0.15) is 28.1 Å². The summed E-state index contributed by atoms with van der Waals surface area (Å²) in [4.78, 5) is 50.4. The van der Waals surface area contributed by atoms with Gasteiger partial charge < -0.3 is 30.7 Å². The van der Waals surface area contributed by atoms with E-state index in [2.05, 4.69) is 36.2 Å². The van der Waals surface area contributed by atoms with E-state index in [9.17, 15) is 27.6 Å². The van der Waals surface area contributed by atoms with Crippen LogP contribution in [0, 0.1) is 11.8 Å². The first kappa shape index (κ1) is 35.2. The summed E-state index contributed by atoms with van der Waals surface area (Å²) in [5.74, 6) is -0.447. The van der Waals surface area contributed by atoms with Gasteiger partial charge in [-0.15, -0.1) is 0 Å². The zero-order chi connectivity index (χ0) is 35.5. The van der Waals surface area contributed by atoms with Crippen molar-refractivity contribution in [1.29, 1.82) is 0 Å². The molecule has 12 nitrogen and oxygen atoms in total. The summed E-state index contributed by atoms with van der Waals surface area (Å²) in [6.45, 7) is 0.647. The number of hydrogen-bond acceptors (Lipinski definition) is 10. The molecule has 2 aromatic carbocycles. The lowest BCUT2D eigenvalue weighted by atomic mass is 10.1. The Hall–Kier alpha value is -4.66. The highest BCUT2D eigenvalue weighted by atomic mass is 35.5. The normalized spacial score (nSPS) is 20.3. The Morgan fingerprint density at radius 1 is 0.980 bits per heavy atom. The summed E-state index contributed by atoms with van der Waals surface area (Å²) in [6, 6.07) is 13.0. The fraction of sp³-hybridized carbons (Fsp3) is 0.471. The Labute approximate surface area is 291 Å². The Bertz CT molecular complexity index is 1720. The highest BCUT2D eigenvalue weighted by molar-refractivity contribution is 6.30. The van der Waals surface area contributed by atoms with E-state index in [1.165, 1.54) is 0 Å². The molecule has 266 valence electrons.